The lowest BCUT2D eigenvalue weighted by Gasteiger charge is -2.02. The predicted octanol–water partition coefficient (Wildman–Crippen LogP) is 3.14. The van der Waals surface area contributed by atoms with Crippen LogP contribution in [0.5, 0.6) is 0 Å². The summed E-state index contributed by atoms with van der Waals surface area (Å²) in [6.45, 7) is 5.41. The zero-order chi connectivity index (χ0) is 9.97. The fourth-order valence-electron chi connectivity index (χ4n) is 1.67. The lowest BCUT2D eigenvalue weighted by atomic mass is 10.2. The van der Waals surface area contributed by atoms with Crippen molar-refractivity contribution in [3.8, 4) is 0 Å². The number of benzene rings is 1. The summed E-state index contributed by atoms with van der Waals surface area (Å²) in [5, 5.41) is 0. The van der Waals surface area contributed by atoms with Gasteiger partial charge in [0, 0.05) is 6.54 Å². The minimum Gasteiger partial charge on any atom is -0.331 e. The molecule has 0 fully saturated rings. The topological polar surface area (TPSA) is 17.8 Å². The number of nitrogens with zero attached hydrogens (tertiary/aromatic N) is 2. The quantitative estimate of drug-likeness (QED) is 0.723. The second kappa shape index (κ2) is 3.82. The standard InChI is InChI=1S/C12H16N2/c1-3-4-7-14-9-13-11-6-5-10(2)8-12(11)14/h5-6,8-9H,3-4,7H2,1-2H3. The first-order valence-corrected chi connectivity index (χ1v) is 5.22. The van der Waals surface area contributed by atoms with E-state index in [9.17, 15) is 0 Å². The Kier molecular flexibility index (Phi) is 2.53. The summed E-state index contributed by atoms with van der Waals surface area (Å²) in [5.74, 6) is 0. The minimum absolute atomic E-state index is 1.08. The molecule has 1 aromatic carbocycles. The van der Waals surface area contributed by atoms with Gasteiger partial charge < -0.3 is 4.57 Å². The largest absolute Gasteiger partial charge is 0.331 e. The molecular formula is C12H16N2. The molecule has 14 heavy (non-hydrogen) atoms. The summed E-state index contributed by atoms with van der Waals surface area (Å²) in [6, 6.07) is 6.41. The summed E-state index contributed by atoms with van der Waals surface area (Å²) < 4.78 is 2.24. The molecule has 1 heterocycles. The maximum Gasteiger partial charge on any atom is 0.0958 e. The normalized spacial score (nSPS) is 11.0. The van der Waals surface area contributed by atoms with Crippen molar-refractivity contribution >= 4 is 11.0 Å². The number of aryl methyl sites for hydroxylation is 2. The van der Waals surface area contributed by atoms with Crippen LogP contribution in [0.2, 0.25) is 0 Å². The summed E-state index contributed by atoms with van der Waals surface area (Å²) in [7, 11) is 0. The van der Waals surface area contributed by atoms with Crippen LogP contribution in [-0.2, 0) is 6.54 Å². The number of imidazole rings is 1. The van der Waals surface area contributed by atoms with E-state index in [0.717, 1.165) is 12.1 Å². The monoisotopic (exact) mass is 188 g/mol. The van der Waals surface area contributed by atoms with E-state index in [0.29, 0.717) is 0 Å². The number of hydrogen-bond donors (Lipinski definition) is 0. The van der Waals surface area contributed by atoms with E-state index in [1.54, 1.807) is 0 Å². The highest BCUT2D eigenvalue weighted by Crippen LogP contribution is 2.15. The molecule has 0 spiro atoms. The van der Waals surface area contributed by atoms with Crippen molar-refractivity contribution in [2.24, 2.45) is 0 Å². The molecule has 74 valence electrons. The fraction of sp³-hybridized carbons (Fsp3) is 0.417. The lowest BCUT2D eigenvalue weighted by Crippen LogP contribution is -1.95. The zero-order valence-electron chi connectivity index (χ0n) is 8.83. The van der Waals surface area contributed by atoms with Gasteiger partial charge in [0.05, 0.1) is 17.4 Å². The Hall–Kier alpha value is -1.31. The first-order valence-electron chi connectivity index (χ1n) is 5.22. The van der Waals surface area contributed by atoms with Crippen LogP contribution in [0.1, 0.15) is 25.3 Å². The highest BCUT2D eigenvalue weighted by Gasteiger charge is 2.01. The van der Waals surface area contributed by atoms with Crippen molar-refractivity contribution in [1.82, 2.24) is 9.55 Å². The number of hydrogen-bond acceptors (Lipinski definition) is 1. The summed E-state index contributed by atoms with van der Waals surface area (Å²) in [5.41, 5.74) is 3.67. The molecular weight excluding hydrogens is 172 g/mol. The third kappa shape index (κ3) is 1.65. The van der Waals surface area contributed by atoms with Gasteiger partial charge in [-0.05, 0) is 31.0 Å². The molecule has 0 aliphatic carbocycles. The highest BCUT2D eigenvalue weighted by atomic mass is 15.0. The van der Waals surface area contributed by atoms with Gasteiger partial charge in [-0.2, -0.15) is 0 Å². The maximum absolute atomic E-state index is 4.38. The van der Waals surface area contributed by atoms with E-state index in [4.69, 9.17) is 0 Å². The second-order valence-corrected chi connectivity index (χ2v) is 3.78. The molecule has 0 radical (unpaired) electrons. The first-order chi connectivity index (χ1) is 6.81. The molecule has 0 saturated carbocycles. The average Bonchev–Trinajstić information content (AvgIpc) is 2.57. The Morgan fingerprint density at radius 2 is 2.21 bits per heavy atom. The Bertz CT molecular complexity index is 429. The smallest absolute Gasteiger partial charge is 0.0958 e. The molecule has 0 aliphatic heterocycles. The molecule has 2 rings (SSSR count). The average molecular weight is 188 g/mol. The Morgan fingerprint density at radius 1 is 1.36 bits per heavy atom. The van der Waals surface area contributed by atoms with E-state index in [-0.39, 0.29) is 0 Å². The van der Waals surface area contributed by atoms with Crippen LogP contribution >= 0.6 is 0 Å². The van der Waals surface area contributed by atoms with Gasteiger partial charge in [-0.15, -0.1) is 0 Å². The third-order valence-electron chi connectivity index (χ3n) is 2.53. The number of rotatable bonds is 3. The molecule has 0 saturated heterocycles. The molecule has 0 bridgehead atoms. The molecule has 2 nitrogen and oxygen atoms in total. The van der Waals surface area contributed by atoms with Gasteiger partial charge in [0.15, 0.2) is 0 Å². The molecule has 2 heteroatoms. The van der Waals surface area contributed by atoms with E-state index in [1.807, 2.05) is 6.33 Å². The van der Waals surface area contributed by atoms with E-state index in [1.165, 1.54) is 23.9 Å². The number of unbranched alkanes of at least 4 members (excludes halogenated alkanes) is 1. The Balaban J connectivity index is 2.40. The Labute approximate surface area is 84.6 Å². The molecule has 1 aromatic heterocycles. The highest BCUT2D eigenvalue weighted by molar-refractivity contribution is 5.75. The molecule has 0 N–H and O–H groups in total. The molecule has 0 aliphatic rings. The van der Waals surface area contributed by atoms with Crippen LogP contribution in [0, 0.1) is 6.92 Å². The predicted molar refractivity (Wildman–Crippen MR) is 59.4 cm³/mol. The van der Waals surface area contributed by atoms with Gasteiger partial charge in [-0.1, -0.05) is 19.4 Å². The molecule has 0 unspecified atom stereocenters. The van der Waals surface area contributed by atoms with Crippen LogP contribution in [0.25, 0.3) is 11.0 Å². The van der Waals surface area contributed by atoms with Gasteiger partial charge in [-0.25, -0.2) is 4.98 Å². The van der Waals surface area contributed by atoms with Gasteiger partial charge in [0.2, 0.25) is 0 Å². The number of aromatic nitrogens is 2. The van der Waals surface area contributed by atoms with E-state index >= 15 is 0 Å². The van der Waals surface area contributed by atoms with Crippen molar-refractivity contribution in [2.45, 2.75) is 33.2 Å². The third-order valence-corrected chi connectivity index (χ3v) is 2.53. The SMILES string of the molecule is CCCCn1cnc2ccc(C)cc21. The van der Waals surface area contributed by atoms with Crippen molar-refractivity contribution in [2.75, 3.05) is 0 Å². The van der Waals surface area contributed by atoms with Crippen molar-refractivity contribution in [3.63, 3.8) is 0 Å². The molecule has 0 amide bonds. The van der Waals surface area contributed by atoms with Crippen LogP contribution < -0.4 is 0 Å². The lowest BCUT2D eigenvalue weighted by molar-refractivity contribution is 0.645. The summed E-state index contributed by atoms with van der Waals surface area (Å²) >= 11 is 0. The van der Waals surface area contributed by atoms with Crippen LogP contribution in [0.15, 0.2) is 24.5 Å². The summed E-state index contributed by atoms with van der Waals surface area (Å²) in [4.78, 5) is 4.38. The summed E-state index contributed by atoms with van der Waals surface area (Å²) in [6.07, 6.45) is 4.39. The molecule has 0 atom stereocenters. The van der Waals surface area contributed by atoms with Crippen molar-refractivity contribution in [1.29, 1.82) is 0 Å². The fourth-order valence-corrected chi connectivity index (χ4v) is 1.67. The van der Waals surface area contributed by atoms with Crippen LogP contribution in [-0.4, -0.2) is 9.55 Å². The van der Waals surface area contributed by atoms with Crippen LogP contribution in [0.3, 0.4) is 0 Å². The number of fused-ring (bicyclic) bond motifs is 1. The van der Waals surface area contributed by atoms with Gasteiger partial charge >= 0.3 is 0 Å². The second-order valence-electron chi connectivity index (χ2n) is 3.78. The minimum atomic E-state index is 1.08. The van der Waals surface area contributed by atoms with E-state index < -0.39 is 0 Å². The first kappa shape index (κ1) is 9.25. The van der Waals surface area contributed by atoms with Crippen LogP contribution in [0.4, 0.5) is 0 Å². The maximum atomic E-state index is 4.38. The Morgan fingerprint density at radius 3 is 3.00 bits per heavy atom. The van der Waals surface area contributed by atoms with Crippen molar-refractivity contribution < 1.29 is 0 Å². The van der Waals surface area contributed by atoms with Gasteiger partial charge in [0.1, 0.15) is 0 Å². The van der Waals surface area contributed by atoms with E-state index in [2.05, 4.69) is 41.6 Å². The van der Waals surface area contributed by atoms with Gasteiger partial charge in [-0.3, -0.25) is 0 Å². The molecule has 2 aromatic rings. The van der Waals surface area contributed by atoms with Gasteiger partial charge in [0.25, 0.3) is 0 Å². The van der Waals surface area contributed by atoms with Crippen molar-refractivity contribution in [3.05, 3.63) is 30.1 Å². The zero-order valence-corrected chi connectivity index (χ0v) is 8.83.